The van der Waals surface area contributed by atoms with Crippen molar-refractivity contribution in [3.63, 3.8) is 0 Å². The first-order chi connectivity index (χ1) is 9.75. The van der Waals surface area contributed by atoms with Crippen LogP contribution >= 0.6 is 0 Å². The zero-order valence-electron chi connectivity index (χ0n) is 11.8. The molecule has 2 fully saturated rings. The van der Waals surface area contributed by atoms with Gasteiger partial charge in [0.1, 0.15) is 0 Å². The standard InChI is InChI=1S/C14H21N5O/c1-11-3-6-15-12(11)13(20)18-7-9-19(10-8-18)14-16-4-2-5-17-14/h2,4-5,11-12,15H,3,6-10H2,1H3. The van der Waals surface area contributed by atoms with Crippen LogP contribution in [0.2, 0.25) is 0 Å². The van der Waals surface area contributed by atoms with Crippen LogP contribution in [0.3, 0.4) is 0 Å². The SMILES string of the molecule is CC1CCNC1C(=O)N1CCN(c2ncccn2)CC1. The van der Waals surface area contributed by atoms with Gasteiger partial charge in [0.15, 0.2) is 0 Å². The Hall–Kier alpha value is -1.69. The lowest BCUT2D eigenvalue weighted by atomic mass is 10.0. The van der Waals surface area contributed by atoms with Gasteiger partial charge in [-0.1, -0.05) is 6.92 Å². The lowest BCUT2D eigenvalue weighted by molar-refractivity contribution is -0.134. The number of carbonyl (C=O) groups is 1. The largest absolute Gasteiger partial charge is 0.338 e. The van der Waals surface area contributed by atoms with E-state index < -0.39 is 0 Å². The highest BCUT2D eigenvalue weighted by atomic mass is 16.2. The highest BCUT2D eigenvalue weighted by Gasteiger charge is 2.33. The summed E-state index contributed by atoms with van der Waals surface area (Å²) in [5, 5.41) is 3.32. The van der Waals surface area contributed by atoms with Crippen LogP contribution in [0.1, 0.15) is 13.3 Å². The quantitative estimate of drug-likeness (QED) is 0.831. The Bertz CT molecular complexity index is 458. The molecule has 1 amide bonds. The summed E-state index contributed by atoms with van der Waals surface area (Å²) < 4.78 is 0. The van der Waals surface area contributed by atoms with E-state index in [1.807, 2.05) is 11.0 Å². The molecule has 1 aromatic heterocycles. The van der Waals surface area contributed by atoms with Gasteiger partial charge < -0.3 is 15.1 Å². The lowest BCUT2D eigenvalue weighted by Crippen LogP contribution is -2.54. The number of piperazine rings is 1. The molecule has 0 saturated carbocycles. The van der Waals surface area contributed by atoms with E-state index >= 15 is 0 Å². The van der Waals surface area contributed by atoms with Gasteiger partial charge in [-0.05, 0) is 24.9 Å². The zero-order valence-corrected chi connectivity index (χ0v) is 11.8. The summed E-state index contributed by atoms with van der Waals surface area (Å²) in [6.07, 6.45) is 4.60. The van der Waals surface area contributed by atoms with E-state index in [1.54, 1.807) is 12.4 Å². The number of hydrogen-bond acceptors (Lipinski definition) is 5. The Kier molecular flexibility index (Phi) is 3.82. The van der Waals surface area contributed by atoms with Crippen LogP contribution in [0.5, 0.6) is 0 Å². The Labute approximate surface area is 119 Å². The van der Waals surface area contributed by atoms with Crippen molar-refractivity contribution in [2.45, 2.75) is 19.4 Å². The Morgan fingerprint density at radius 1 is 1.25 bits per heavy atom. The van der Waals surface area contributed by atoms with Crippen LogP contribution in [-0.4, -0.2) is 59.5 Å². The predicted octanol–water partition coefficient (Wildman–Crippen LogP) is 0.123. The number of amides is 1. The van der Waals surface area contributed by atoms with Crippen LogP contribution in [0.15, 0.2) is 18.5 Å². The second-order valence-corrected chi connectivity index (χ2v) is 5.56. The third-order valence-electron chi connectivity index (χ3n) is 4.23. The topological polar surface area (TPSA) is 61.4 Å². The minimum absolute atomic E-state index is 0.00882. The second kappa shape index (κ2) is 5.75. The number of anilines is 1. The fourth-order valence-corrected chi connectivity index (χ4v) is 2.94. The van der Waals surface area contributed by atoms with Gasteiger partial charge in [-0.15, -0.1) is 0 Å². The van der Waals surface area contributed by atoms with E-state index in [4.69, 9.17) is 0 Å². The van der Waals surface area contributed by atoms with Crippen molar-refractivity contribution in [2.24, 2.45) is 5.92 Å². The molecular weight excluding hydrogens is 254 g/mol. The lowest BCUT2D eigenvalue weighted by Gasteiger charge is -2.36. The van der Waals surface area contributed by atoms with Crippen molar-refractivity contribution in [1.29, 1.82) is 0 Å². The third-order valence-corrected chi connectivity index (χ3v) is 4.23. The second-order valence-electron chi connectivity index (χ2n) is 5.56. The number of nitrogens with one attached hydrogen (secondary N) is 1. The van der Waals surface area contributed by atoms with E-state index in [9.17, 15) is 4.79 Å². The maximum absolute atomic E-state index is 12.5. The molecule has 1 aromatic rings. The molecule has 0 spiro atoms. The maximum Gasteiger partial charge on any atom is 0.240 e. The van der Waals surface area contributed by atoms with Gasteiger partial charge in [0, 0.05) is 38.6 Å². The monoisotopic (exact) mass is 275 g/mol. The molecule has 6 heteroatoms. The Morgan fingerprint density at radius 2 is 1.95 bits per heavy atom. The fraction of sp³-hybridized carbons (Fsp3) is 0.643. The van der Waals surface area contributed by atoms with E-state index in [0.717, 1.165) is 45.1 Å². The summed E-state index contributed by atoms with van der Waals surface area (Å²) in [7, 11) is 0. The van der Waals surface area contributed by atoms with Crippen LogP contribution in [0.25, 0.3) is 0 Å². The molecule has 0 aliphatic carbocycles. The minimum atomic E-state index is 0.00882. The molecule has 2 atom stereocenters. The molecule has 3 rings (SSSR count). The molecule has 1 N–H and O–H groups in total. The van der Waals surface area contributed by atoms with Gasteiger partial charge in [0.05, 0.1) is 6.04 Å². The first kappa shape index (κ1) is 13.3. The number of rotatable bonds is 2. The summed E-state index contributed by atoms with van der Waals surface area (Å²) in [5.74, 6) is 1.45. The summed E-state index contributed by atoms with van der Waals surface area (Å²) >= 11 is 0. The fourth-order valence-electron chi connectivity index (χ4n) is 2.94. The van der Waals surface area contributed by atoms with Crippen LogP contribution < -0.4 is 10.2 Å². The first-order valence-electron chi connectivity index (χ1n) is 7.30. The summed E-state index contributed by atoms with van der Waals surface area (Å²) in [5.41, 5.74) is 0. The predicted molar refractivity (Wildman–Crippen MR) is 76.4 cm³/mol. The van der Waals surface area contributed by atoms with Crippen LogP contribution in [0.4, 0.5) is 5.95 Å². The first-order valence-corrected chi connectivity index (χ1v) is 7.30. The molecule has 6 nitrogen and oxygen atoms in total. The van der Waals surface area contributed by atoms with Crippen molar-refractivity contribution in [3.05, 3.63) is 18.5 Å². The van der Waals surface area contributed by atoms with Crippen molar-refractivity contribution >= 4 is 11.9 Å². The van der Waals surface area contributed by atoms with Gasteiger partial charge >= 0.3 is 0 Å². The third kappa shape index (κ3) is 2.60. The average Bonchev–Trinajstić information content (AvgIpc) is 2.94. The molecule has 3 heterocycles. The maximum atomic E-state index is 12.5. The molecule has 2 aliphatic heterocycles. The van der Waals surface area contributed by atoms with E-state index in [2.05, 4.69) is 27.1 Å². The van der Waals surface area contributed by atoms with Crippen molar-refractivity contribution in [2.75, 3.05) is 37.6 Å². The van der Waals surface area contributed by atoms with Crippen molar-refractivity contribution < 1.29 is 4.79 Å². The normalized spacial score (nSPS) is 26.9. The van der Waals surface area contributed by atoms with E-state index in [0.29, 0.717) is 5.92 Å². The molecule has 0 bridgehead atoms. The smallest absolute Gasteiger partial charge is 0.240 e. The molecule has 2 unspecified atom stereocenters. The highest BCUT2D eigenvalue weighted by Crippen LogP contribution is 2.18. The van der Waals surface area contributed by atoms with Crippen LogP contribution in [-0.2, 0) is 4.79 Å². The van der Waals surface area contributed by atoms with Crippen molar-refractivity contribution in [3.8, 4) is 0 Å². The van der Waals surface area contributed by atoms with Crippen LogP contribution in [0, 0.1) is 5.92 Å². The van der Waals surface area contributed by atoms with Gasteiger partial charge in [-0.2, -0.15) is 0 Å². The van der Waals surface area contributed by atoms with Gasteiger partial charge in [0.2, 0.25) is 11.9 Å². The molecule has 0 aromatic carbocycles. The number of nitrogens with zero attached hydrogens (tertiary/aromatic N) is 4. The van der Waals surface area contributed by atoms with E-state index in [1.165, 1.54) is 0 Å². The van der Waals surface area contributed by atoms with Gasteiger partial charge in [-0.3, -0.25) is 4.79 Å². The Morgan fingerprint density at radius 3 is 2.55 bits per heavy atom. The number of carbonyl (C=O) groups excluding carboxylic acids is 1. The Balaban J connectivity index is 1.57. The zero-order chi connectivity index (χ0) is 13.9. The van der Waals surface area contributed by atoms with Gasteiger partial charge in [0.25, 0.3) is 0 Å². The molecule has 2 saturated heterocycles. The molecule has 20 heavy (non-hydrogen) atoms. The van der Waals surface area contributed by atoms with Crippen molar-refractivity contribution in [1.82, 2.24) is 20.2 Å². The summed E-state index contributed by atoms with van der Waals surface area (Å²) in [6, 6.07) is 1.82. The molecule has 2 aliphatic rings. The molecule has 0 radical (unpaired) electrons. The highest BCUT2D eigenvalue weighted by molar-refractivity contribution is 5.82. The summed E-state index contributed by atoms with van der Waals surface area (Å²) in [6.45, 7) is 6.21. The average molecular weight is 275 g/mol. The minimum Gasteiger partial charge on any atom is -0.338 e. The van der Waals surface area contributed by atoms with E-state index in [-0.39, 0.29) is 11.9 Å². The number of aromatic nitrogens is 2. The molecule has 108 valence electrons. The number of hydrogen-bond donors (Lipinski definition) is 1. The van der Waals surface area contributed by atoms with Gasteiger partial charge in [-0.25, -0.2) is 9.97 Å². The molecular formula is C14H21N5O. The summed E-state index contributed by atoms with van der Waals surface area (Å²) in [4.78, 5) is 25.1.